The SMILES string of the molecule is CC(C)CN1CCCCC1CC(C)NCC(F)(F)F. The first-order valence-electron chi connectivity index (χ1n) is 7.32. The van der Waals surface area contributed by atoms with Crippen molar-refractivity contribution in [2.24, 2.45) is 5.92 Å². The van der Waals surface area contributed by atoms with Crippen molar-refractivity contribution in [3.8, 4) is 0 Å². The molecule has 1 aliphatic heterocycles. The molecule has 0 aliphatic carbocycles. The molecular formula is C14H27F3N2. The van der Waals surface area contributed by atoms with Crippen LogP contribution in [0.25, 0.3) is 0 Å². The van der Waals surface area contributed by atoms with Gasteiger partial charge in [-0.25, -0.2) is 0 Å². The number of rotatable bonds is 6. The highest BCUT2D eigenvalue weighted by Gasteiger charge is 2.29. The third-order valence-corrected chi connectivity index (χ3v) is 3.63. The van der Waals surface area contributed by atoms with E-state index in [0.717, 1.165) is 25.9 Å². The molecule has 2 atom stereocenters. The first-order valence-corrected chi connectivity index (χ1v) is 7.32. The maximum absolute atomic E-state index is 12.2. The van der Waals surface area contributed by atoms with Gasteiger partial charge < -0.3 is 10.2 Å². The Kier molecular flexibility index (Phi) is 6.60. The van der Waals surface area contributed by atoms with Crippen LogP contribution in [0, 0.1) is 5.92 Å². The topological polar surface area (TPSA) is 15.3 Å². The first kappa shape index (κ1) is 16.8. The molecule has 114 valence electrons. The summed E-state index contributed by atoms with van der Waals surface area (Å²) in [5.41, 5.74) is 0. The zero-order chi connectivity index (χ0) is 14.5. The van der Waals surface area contributed by atoms with Gasteiger partial charge in [0.1, 0.15) is 0 Å². The number of nitrogens with zero attached hydrogens (tertiary/aromatic N) is 1. The number of nitrogens with one attached hydrogen (secondary N) is 1. The standard InChI is InChI=1S/C14H27F3N2/c1-11(2)9-19-7-5-4-6-13(19)8-12(3)18-10-14(15,16)17/h11-13,18H,4-10H2,1-3H3. The maximum Gasteiger partial charge on any atom is 0.401 e. The van der Waals surface area contributed by atoms with Gasteiger partial charge >= 0.3 is 6.18 Å². The smallest absolute Gasteiger partial charge is 0.306 e. The molecule has 1 aliphatic rings. The fraction of sp³-hybridized carbons (Fsp3) is 1.00. The van der Waals surface area contributed by atoms with Crippen LogP contribution in [0.5, 0.6) is 0 Å². The molecule has 5 heteroatoms. The molecule has 0 bridgehead atoms. The Bertz CT molecular complexity index is 254. The van der Waals surface area contributed by atoms with Crippen molar-refractivity contribution in [2.75, 3.05) is 19.6 Å². The quantitative estimate of drug-likeness (QED) is 0.802. The van der Waals surface area contributed by atoms with E-state index in [1.165, 1.54) is 12.8 Å². The lowest BCUT2D eigenvalue weighted by Crippen LogP contribution is -2.46. The Morgan fingerprint density at radius 3 is 2.47 bits per heavy atom. The second-order valence-corrected chi connectivity index (χ2v) is 6.17. The van der Waals surface area contributed by atoms with Gasteiger partial charge in [0.25, 0.3) is 0 Å². The lowest BCUT2D eigenvalue weighted by Gasteiger charge is -2.38. The van der Waals surface area contributed by atoms with Gasteiger partial charge in [0, 0.05) is 18.6 Å². The summed E-state index contributed by atoms with van der Waals surface area (Å²) < 4.78 is 36.5. The number of hydrogen-bond acceptors (Lipinski definition) is 2. The Hall–Kier alpha value is -0.290. The van der Waals surface area contributed by atoms with E-state index in [4.69, 9.17) is 0 Å². The molecule has 19 heavy (non-hydrogen) atoms. The van der Waals surface area contributed by atoms with Crippen LogP contribution in [0.1, 0.15) is 46.5 Å². The molecule has 0 radical (unpaired) electrons. The third-order valence-electron chi connectivity index (χ3n) is 3.63. The molecule has 1 saturated heterocycles. The number of halogens is 3. The van der Waals surface area contributed by atoms with Crippen molar-refractivity contribution in [1.82, 2.24) is 10.2 Å². The van der Waals surface area contributed by atoms with Gasteiger partial charge in [0.2, 0.25) is 0 Å². The predicted molar refractivity (Wildman–Crippen MR) is 72.2 cm³/mol. The zero-order valence-electron chi connectivity index (χ0n) is 12.3. The number of likely N-dealkylation sites (tertiary alicyclic amines) is 1. The lowest BCUT2D eigenvalue weighted by atomic mass is 9.95. The van der Waals surface area contributed by atoms with Crippen LogP contribution < -0.4 is 5.32 Å². The van der Waals surface area contributed by atoms with Crippen LogP contribution in [0.2, 0.25) is 0 Å². The zero-order valence-corrected chi connectivity index (χ0v) is 12.3. The minimum atomic E-state index is -4.11. The van der Waals surface area contributed by atoms with E-state index in [1.807, 2.05) is 6.92 Å². The summed E-state index contributed by atoms with van der Waals surface area (Å²) in [5.74, 6) is 0.610. The average molecular weight is 280 g/mol. The molecule has 2 nitrogen and oxygen atoms in total. The van der Waals surface area contributed by atoms with E-state index in [0.29, 0.717) is 12.0 Å². The number of hydrogen-bond donors (Lipinski definition) is 1. The molecule has 0 aromatic heterocycles. The highest BCUT2D eigenvalue weighted by Crippen LogP contribution is 2.22. The van der Waals surface area contributed by atoms with Gasteiger partial charge in [-0.2, -0.15) is 13.2 Å². The van der Waals surface area contributed by atoms with Crippen LogP contribution in [0.3, 0.4) is 0 Å². The summed E-state index contributed by atoms with van der Waals surface area (Å²) in [6, 6.07) is 0.353. The van der Waals surface area contributed by atoms with Crippen LogP contribution in [-0.4, -0.2) is 42.8 Å². The Morgan fingerprint density at radius 2 is 1.89 bits per heavy atom. The van der Waals surface area contributed by atoms with Crippen LogP contribution in [-0.2, 0) is 0 Å². The van der Waals surface area contributed by atoms with Gasteiger partial charge in [-0.05, 0) is 38.6 Å². The molecule has 1 rings (SSSR count). The van der Waals surface area contributed by atoms with E-state index >= 15 is 0 Å². The summed E-state index contributed by atoms with van der Waals surface area (Å²) in [6.07, 6.45) is 0.227. The Morgan fingerprint density at radius 1 is 1.21 bits per heavy atom. The van der Waals surface area contributed by atoms with Crippen LogP contribution in [0.15, 0.2) is 0 Å². The molecule has 0 amide bonds. The van der Waals surface area contributed by atoms with Crippen molar-refractivity contribution in [2.45, 2.75) is 64.7 Å². The molecular weight excluding hydrogens is 253 g/mol. The van der Waals surface area contributed by atoms with Crippen molar-refractivity contribution in [1.29, 1.82) is 0 Å². The monoisotopic (exact) mass is 280 g/mol. The molecule has 0 saturated carbocycles. The normalized spacial score (nSPS) is 23.8. The molecule has 1 fully saturated rings. The average Bonchev–Trinajstić information content (AvgIpc) is 2.27. The highest BCUT2D eigenvalue weighted by atomic mass is 19.4. The van der Waals surface area contributed by atoms with Gasteiger partial charge in [-0.3, -0.25) is 0 Å². The molecule has 0 aromatic rings. The van der Waals surface area contributed by atoms with Crippen molar-refractivity contribution >= 4 is 0 Å². The Balaban J connectivity index is 2.39. The fourth-order valence-electron chi connectivity index (χ4n) is 2.82. The first-order chi connectivity index (χ1) is 8.78. The van der Waals surface area contributed by atoms with E-state index < -0.39 is 12.7 Å². The minimum Gasteiger partial charge on any atom is -0.306 e. The second-order valence-electron chi connectivity index (χ2n) is 6.17. The van der Waals surface area contributed by atoms with E-state index in [2.05, 4.69) is 24.1 Å². The number of alkyl halides is 3. The summed E-state index contributed by atoms with van der Waals surface area (Å²) in [7, 11) is 0. The van der Waals surface area contributed by atoms with Crippen molar-refractivity contribution in [3.63, 3.8) is 0 Å². The number of piperidine rings is 1. The third kappa shape index (κ3) is 7.16. The molecule has 1 N–H and O–H groups in total. The summed E-state index contributed by atoms with van der Waals surface area (Å²) >= 11 is 0. The minimum absolute atomic E-state index is 0.0839. The maximum atomic E-state index is 12.2. The summed E-state index contributed by atoms with van der Waals surface area (Å²) in [6.45, 7) is 7.50. The largest absolute Gasteiger partial charge is 0.401 e. The highest BCUT2D eigenvalue weighted by molar-refractivity contribution is 4.81. The lowest BCUT2D eigenvalue weighted by molar-refractivity contribution is -0.126. The second kappa shape index (κ2) is 7.48. The van der Waals surface area contributed by atoms with Crippen LogP contribution in [0.4, 0.5) is 13.2 Å². The Labute approximate surface area is 114 Å². The van der Waals surface area contributed by atoms with E-state index in [1.54, 1.807) is 0 Å². The van der Waals surface area contributed by atoms with Gasteiger partial charge in [0.15, 0.2) is 0 Å². The molecule has 2 unspecified atom stereocenters. The molecule has 0 spiro atoms. The fourth-order valence-corrected chi connectivity index (χ4v) is 2.82. The summed E-state index contributed by atoms with van der Waals surface area (Å²) in [5, 5.41) is 2.59. The summed E-state index contributed by atoms with van der Waals surface area (Å²) in [4.78, 5) is 2.46. The van der Waals surface area contributed by atoms with Gasteiger partial charge in [0.05, 0.1) is 6.54 Å². The van der Waals surface area contributed by atoms with Gasteiger partial charge in [-0.1, -0.05) is 20.3 Å². The molecule has 0 aromatic carbocycles. The van der Waals surface area contributed by atoms with E-state index in [-0.39, 0.29) is 6.04 Å². The molecule has 1 heterocycles. The van der Waals surface area contributed by atoms with Crippen molar-refractivity contribution < 1.29 is 13.2 Å². The predicted octanol–water partition coefficient (Wildman–Crippen LogP) is 3.43. The van der Waals surface area contributed by atoms with Gasteiger partial charge in [-0.15, -0.1) is 0 Å². The van der Waals surface area contributed by atoms with Crippen LogP contribution >= 0.6 is 0 Å². The van der Waals surface area contributed by atoms with Crippen molar-refractivity contribution in [3.05, 3.63) is 0 Å². The van der Waals surface area contributed by atoms with E-state index in [9.17, 15) is 13.2 Å².